The molecule has 0 saturated carbocycles. The van der Waals surface area contributed by atoms with Crippen LogP contribution in [0.3, 0.4) is 0 Å². The molecule has 4 rings (SSSR count). The summed E-state index contributed by atoms with van der Waals surface area (Å²) < 4.78 is 38.1. The summed E-state index contributed by atoms with van der Waals surface area (Å²) >= 11 is 0. The van der Waals surface area contributed by atoms with Crippen LogP contribution in [0.4, 0.5) is 5.82 Å². The van der Waals surface area contributed by atoms with E-state index in [1.54, 1.807) is 42.5 Å². The summed E-state index contributed by atoms with van der Waals surface area (Å²) in [5.74, 6) is -0.0401. The number of aliphatic hydroxyl groups excluding tert-OH is 2. The minimum atomic E-state index is -4.28. The smallest absolute Gasteiger partial charge is 0.459 e. The van der Waals surface area contributed by atoms with Crippen LogP contribution >= 0.6 is 7.75 Å². The molecule has 1 aliphatic rings. The molecule has 15 heteroatoms. The van der Waals surface area contributed by atoms with Gasteiger partial charge in [0, 0.05) is 0 Å². The molecule has 0 aliphatic carbocycles. The first-order valence-corrected chi connectivity index (χ1v) is 15.2. The Kier molecular flexibility index (Phi) is 9.97. The molecular weight excluding hydrogens is 567 g/mol. The Morgan fingerprint density at radius 2 is 1.98 bits per heavy atom. The minimum Gasteiger partial charge on any atom is -0.464 e. The van der Waals surface area contributed by atoms with E-state index in [-0.39, 0.29) is 29.8 Å². The lowest BCUT2D eigenvalue weighted by molar-refractivity contribution is -0.146. The van der Waals surface area contributed by atoms with Gasteiger partial charge in [-0.2, -0.15) is 10.2 Å². The fourth-order valence-corrected chi connectivity index (χ4v) is 6.11. The maximum Gasteiger partial charge on any atom is 0.459 e. The summed E-state index contributed by atoms with van der Waals surface area (Å²) in [7, 11) is -4.28. The number of nitrogen functional groups attached to an aromatic ring is 1. The van der Waals surface area contributed by atoms with Gasteiger partial charge in [0.1, 0.15) is 47.6 Å². The number of nitrogens with one attached hydrogen (secondary N) is 1. The Balaban J connectivity index is 1.53. The number of carbonyl (C=O) groups is 1. The molecule has 3 aromatic rings. The lowest BCUT2D eigenvalue weighted by atomic mass is 10.0. The number of aliphatic hydroxyl groups is 2. The number of rotatable bonds is 14. The third-order valence-corrected chi connectivity index (χ3v) is 8.86. The standard InChI is InChI=1S/C27H37N6O8P/c1-5-18(6-2)14-38-26(36)17(3)32-42(37,41-19-10-8-7-9-11-19)39-15-21-23(34)24(35)27(29-4,40-21)22-13-12-20-25(28)30-16-31-33(20)22/h7-13,16-18,21,23-24,34-35H,4-6,14-15H2,1-3H3,(H,32,37)(H2,28,30,31)/t17-,21+,23+,24+,27-,42?/m0/s1. The monoisotopic (exact) mass is 604 g/mol. The molecule has 0 amide bonds. The normalized spacial score (nSPS) is 24.4. The molecule has 228 valence electrons. The van der Waals surface area contributed by atoms with Gasteiger partial charge in [-0.25, -0.2) is 14.1 Å². The van der Waals surface area contributed by atoms with Crippen molar-refractivity contribution in [3.05, 3.63) is 54.5 Å². The topological polar surface area (TPSA) is 192 Å². The van der Waals surface area contributed by atoms with Crippen LogP contribution in [-0.2, 0) is 29.1 Å². The number of hydrogen-bond donors (Lipinski definition) is 4. The number of carbonyl (C=O) groups excluding carboxylic acids is 1. The van der Waals surface area contributed by atoms with E-state index in [9.17, 15) is 19.6 Å². The molecule has 1 fully saturated rings. The highest BCUT2D eigenvalue weighted by atomic mass is 31.2. The molecule has 1 aliphatic heterocycles. The van der Waals surface area contributed by atoms with Crippen molar-refractivity contribution in [2.75, 3.05) is 18.9 Å². The second-order valence-electron chi connectivity index (χ2n) is 9.97. The van der Waals surface area contributed by atoms with E-state index in [0.29, 0.717) is 5.52 Å². The lowest BCUT2D eigenvalue weighted by Gasteiger charge is -2.27. The van der Waals surface area contributed by atoms with Crippen molar-refractivity contribution >= 4 is 31.8 Å². The van der Waals surface area contributed by atoms with E-state index in [1.807, 2.05) is 13.8 Å². The molecule has 0 radical (unpaired) electrons. The molecule has 1 aromatic carbocycles. The van der Waals surface area contributed by atoms with Crippen molar-refractivity contribution < 1.29 is 38.1 Å². The number of ether oxygens (including phenoxy) is 2. The van der Waals surface area contributed by atoms with Crippen molar-refractivity contribution in [2.45, 2.75) is 63.7 Å². The number of nitrogens with two attached hydrogens (primary N) is 1. The summed E-state index contributed by atoms with van der Waals surface area (Å²) in [6, 6.07) is 10.3. The van der Waals surface area contributed by atoms with Crippen molar-refractivity contribution in [2.24, 2.45) is 10.9 Å². The van der Waals surface area contributed by atoms with Crippen molar-refractivity contribution in [3.8, 4) is 5.75 Å². The maximum atomic E-state index is 13.9. The molecule has 14 nitrogen and oxygen atoms in total. The van der Waals surface area contributed by atoms with E-state index in [4.69, 9.17) is 24.3 Å². The van der Waals surface area contributed by atoms with Gasteiger partial charge < -0.3 is 29.9 Å². The van der Waals surface area contributed by atoms with Crippen molar-refractivity contribution in [1.29, 1.82) is 0 Å². The molecule has 5 N–H and O–H groups in total. The fourth-order valence-electron chi connectivity index (χ4n) is 4.61. The quantitative estimate of drug-likeness (QED) is 0.120. The molecular formula is C27H37N6O8P. The molecule has 42 heavy (non-hydrogen) atoms. The molecule has 3 heterocycles. The van der Waals surface area contributed by atoms with Crippen molar-refractivity contribution in [1.82, 2.24) is 19.7 Å². The predicted octanol–water partition coefficient (Wildman–Crippen LogP) is 2.45. The zero-order chi connectivity index (χ0) is 30.5. The predicted molar refractivity (Wildman–Crippen MR) is 154 cm³/mol. The van der Waals surface area contributed by atoms with E-state index >= 15 is 0 Å². The zero-order valence-electron chi connectivity index (χ0n) is 23.7. The molecule has 2 aromatic heterocycles. The lowest BCUT2D eigenvalue weighted by Crippen LogP contribution is -2.40. The van der Waals surface area contributed by atoms with E-state index in [1.165, 1.54) is 17.8 Å². The van der Waals surface area contributed by atoms with Crippen LogP contribution in [0, 0.1) is 5.92 Å². The maximum absolute atomic E-state index is 13.9. The first-order chi connectivity index (χ1) is 20.1. The number of benzene rings is 1. The Morgan fingerprint density at radius 1 is 1.26 bits per heavy atom. The number of esters is 1. The zero-order valence-corrected chi connectivity index (χ0v) is 24.6. The summed E-state index contributed by atoms with van der Waals surface area (Å²) in [4.78, 5) is 20.7. The number of fused-ring (bicyclic) bond motifs is 1. The molecule has 1 saturated heterocycles. The van der Waals surface area contributed by atoms with Crippen LogP contribution in [0.15, 0.2) is 53.8 Å². The highest BCUT2D eigenvalue weighted by Gasteiger charge is 2.57. The number of aromatic nitrogens is 3. The van der Waals surface area contributed by atoms with Gasteiger partial charge in [-0.15, -0.1) is 0 Å². The molecule has 1 unspecified atom stereocenters. The summed E-state index contributed by atoms with van der Waals surface area (Å²) in [6.07, 6.45) is -1.49. The Morgan fingerprint density at radius 3 is 2.64 bits per heavy atom. The Hall–Kier alpha value is -3.39. The van der Waals surface area contributed by atoms with E-state index in [0.717, 1.165) is 12.8 Å². The summed E-state index contributed by atoms with van der Waals surface area (Å²) in [5, 5.41) is 28.8. The van der Waals surface area contributed by atoms with Crippen molar-refractivity contribution in [3.63, 3.8) is 0 Å². The molecule has 0 bridgehead atoms. The Bertz CT molecular complexity index is 1420. The molecule has 0 spiro atoms. The summed E-state index contributed by atoms with van der Waals surface area (Å²) in [6.45, 7) is 8.76. The van der Waals surface area contributed by atoms with Gasteiger partial charge in [-0.3, -0.25) is 14.3 Å². The van der Waals surface area contributed by atoms with Crippen LogP contribution < -0.4 is 15.3 Å². The fraction of sp³-hybridized carbons (Fsp3) is 0.481. The van der Waals surface area contributed by atoms with Gasteiger partial charge >= 0.3 is 13.7 Å². The number of hydrogen-bond acceptors (Lipinski definition) is 12. The first-order valence-electron chi connectivity index (χ1n) is 13.6. The largest absolute Gasteiger partial charge is 0.464 e. The van der Waals surface area contributed by atoms with Crippen LogP contribution in [0.1, 0.15) is 39.3 Å². The number of anilines is 1. The summed E-state index contributed by atoms with van der Waals surface area (Å²) in [5.41, 5.74) is 4.72. The average molecular weight is 605 g/mol. The van der Waals surface area contributed by atoms with Gasteiger partial charge in [-0.1, -0.05) is 44.9 Å². The van der Waals surface area contributed by atoms with Crippen LogP contribution in [0.25, 0.3) is 5.52 Å². The minimum absolute atomic E-state index is 0.181. The highest BCUT2D eigenvalue weighted by Crippen LogP contribution is 2.47. The SMILES string of the molecule is C=N[C@@]1(c2ccc3c(N)ncnn23)O[C@H](COP(=O)(N[C@@H](C)C(=O)OCC(CC)CC)Oc2ccccc2)[C@@H](O)[C@H]1O. The van der Waals surface area contributed by atoms with Gasteiger partial charge in [-0.05, 0) is 43.8 Å². The second kappa shape index (κ2) is 13.3. The third-order valence-electron chi connectivity index (χ3n) is 7.22. The second-order valence-corrected chi connectivity index (χ2v) is 11.7. The van der Waals surface area contributed by atoms with Gasteiger partial charge in [0.15, 0.2) is 5.82 Å². The Labute approximate surface area is 243 Å². The van der Waals surface area contributed by atoms with Crippen LogP contribution in [0.5, 0.6) is 5.75 Å². The number of para-hydroxylation sites is 1. The van der Waals surface area contributed by atoms with Crippen LogP contribution in [-0.4, -0.2) is 75.1 Å². The average Bonchev–Trinajstić information content (AvgIpc) is 3.53. The van der Waals surface area contributed by atoms with E-state index in [2.05, 4.69) is 26.9 Å². The van der Waals surface area contributed by atoms with Gasteiger partial charge in [0.2, 0.25) is 5.72 Å². The highest BCUT2D eigenvalue weighted by molar-refractivity contribution is 7.52. The van der Waals surface area contributed by atoms with Gasteiger partial charge in [0.05, 0.1) is 13.2 Å². The third kappa shape index (κ3) is 6.48. The van der Waals surface area contributed by atoms with E-state index < -0.39 is 50.4 Å². The number of aliphatic imine (C=N–C) groups is 1. The first kappa shape index (κ1) is 31.5. The van der Waals surface area contributed by atoms with Gasteiger partial charge in [0.25, 0.3) is 0 Å². The molecule has 6 atom stereocenters. The number of nitrogens with zero attached hydrogens (tertiary/aromatic N) is 4. The van der Waals surface area contributed by atoms with Crippen LogP contribution in [0.2, 0.25) is 0 Å².